The number of carbonyl (C=O) groups is 5. The molecule has 324 valence electrons. The van der Waals surface area contributed by atoms with Gasteiger partial charge in [0.15, 0.2) is 11.7 Å². The van der Waals surface area contributed by atoms with Crippen LogP contribution in [0.3, 0.4) is 0 Å². The Hall–Kier alpha value is -5.38. The molecule has 3 fully saturated rings. The molecule has 0 bridgehead atoms. The Kier molecular flexibility index (Phi) is 13.8. The number of nitrogens with zero attached hydrogens (tertiary/aromatic N) is 6. The molecule has 0 unspecified atom stereocenters. The van der Waals surface area contributed by atoms with E-state index in [-0.39, 0.29) is 55.2 Å². The van der Waals surface area contributed by atoms with Gasteiger partial charge < -0.3 is 38.8 Å². The fraction of sp³-hybridized carbons (Fsp3) is 0.591. The van der Waals surface area contributed by atoms with E-state index in [4.69, 9.17) is 13.9 Å². The topological polar surface area (TPSA) is 167 Å². The zero-order valence-electron chi connectivity index (χ0n) is 35.2. The fourth-order valence-electron chi connectivity index (χ4n) is 9.15. The molecule has 1 atom stereocenters. The molecule has 5 amide bonds. The highest BCUT2D eigenvalue weighted by atomic mass is 16.6. The average molecular weight is 830 g/mol. The van der Waals surface area contributed by atoms with Crippen LogP contribution in [-0.4, -0.2) is 143 Å². The summed E-state index contributed by atoms with van der Waals surface area (Å²) in [6, 6.07) is 11.5. The predicted octanol–water partition coefficient (Wildman–Crippen LogP) is 4.30. The minimum Gasteiger partial charge on any atom is -0.466 e. The lowest BCUT2D eigenvalue weighted by atomic mass is 9.99. The van der Waals surface area contributed by atoms with Crippen LogP contribution in [-0.2, 0) is 43.7 Å². The number of hydrogen-bond donors (Lipinski definition) is 1. The lowest BCUT2D eigenvalue weighted by Crippen LogP contribution is -2.56. The van der Waals surface area contributed by atoms with Gasteiger partial charge in [0.1, 0.15) is 0 Å². The van der Waals surface area contributed by atoms with Crippen LogP contribution in [0.5, 0.6) is 0 Å². The summed E-state index contributed by atoms with van der Waals surface area (Å²) >= 11 is 0. The van der Waals surface area contributed by atoms with Gasteiger partial charge in [0.2, 0.25) is 5.91 Å². The summed E-state index contributed by atoms with van der Waals surface area (Å²) in [4.78, 5) is 88.0. The second-order valence-corrected chi connectivity index (χ2v) is 16.6. The van der Waals surface area contributed by atoms with Gasteiger partial charge in [-0.3, -0.25) is 23.9 Å². The van der Waals surface area contributed by atoms with E-state index < -0.39 is 18.0 Å². The highest BCUT2D eigenvalue weighted by Crippen LogP contribution is 2.27. The quantitative estimate of drug-likeness (QED) is 0.206. The van der Waals surface area contributed by atoms with Gasteiger partial charge in [-0.1, -0.05) is 37.6 Å². The molecule has 7 rings (SSSR count). The first-order chi connectivity index (χ1) is 29.0. The second kappa shape index (κ2) is 19.3. The number of unbranched alkanes of at least 4 members (excludes halogenated alkanes) is 1. The molecular formula is C44H59N7O9. The monoisotopic (exact) mass is 829 g/mol. The number of para-hydroxylation sites is 1. The van der Waals surface area contributed by atoms with Crippen molar-refractivity contribution in [2.24, 2.45) is 7.05 Å². The molecule has 60 heavy (non-hydrogen) atoms. The number of urea groups is 1. The largest absolute Gasteiger partial charge is 0.466 e. The number of aryl methyl sites for hydroxylation is 2. The van der Waals surface area contributed by atoms with Crippen LogP contribution in [0.2, 0.25) is 0 Å². The number of benzene rings is 2. The molecule has 4 aliphatic rings. The van der Waals surface area contributed by atoms with Crippen molar-refractivity contribution in [3.05, 3.63) is 63.6 Å². The van der Waals surface area contributed by atoms with Gasteiger partial charge in [-0.05, 0) is 74.3 Å². The van der Waals surface area contributed by atoms with Crippen molar-refractivity contribution in [2.45, 2.75) is 96.2 Å². The Labute approximate surface area is 350 Å². The molecule has 4 aliphatic heterocycles. The van der Waals surface area contributed by atoms with E-state index in [0.717, 1.165) is 62.0 Å². The standard InChI is InChI=1S/C44H59N7O9/c1-4-5-26-58-39(53)11-10-38(52)48-24-22-47(23-25-48)33-13-17-49(18-14-33)41(54)37(29-31-27-30(2)40-36(28-31)59-43(56)46(40)3)60-44(57)50-19-15-34(16-20-50)51-21-12-32-8-6-7-9-35(32)45-42(51)55/h6-9,27-28,33-34,37H,4-5,10-26,29H2,1-3H3,(H,45,55)/t37-/m1/s1. The Morgan fingerprint density at radius 3 is 2.28 bits per heavy atom. The van der Waals surface area contributed by atoms with E-state index in [1.54, 1.807) is 22.9 Å². The molecule has 16 heteroatoms. The minimum atomic E-state index is -1.10. The third-order valence-electron chi connectivity index (χ3n) is 12.6. The average Bonchev–Trinajstić information content (AvgIpc) is 3.43. The van der Waals surface area contributed by atoms with E-state index in [1.165, 1.54) is 4.57 Å². The number of piperazine rings is 1. The van der Waals surface area contributed by atoms with E-state index in [2.05, 4.69) is 10.2 Å². The van der Waals surface area contributed by atoms with Crippen molar-refractivity contribution in [2.75, 3.05) is 70.8 Å². The van der Waals surface area contributed by atoms with Gasteiger partial charge in [-0.15, -0.1) is 0 Å². The number of ether oxygens (including phenoxy) is 2. The summed E-state index contributed by atoms with van der Waals surface area (Å²) in [5.74, 6) is -1.12. The van der Waals surface area contributed by atoms with Crippen molar-refractivity contribution >= 4 is 46.7 Å². The summed E-state index contributed by atoms with van der Waals surface area (Å²) in [6.07, 6.45) is 3.84. The van der Waals surface area contributed by atoms with E-state index in [1.807, 2.05) is 54.0 Å². The van der Waals surface area contributed by atoms with Crippen LogP contribution >= 0.6 is 0 Å². The molecule has 3 saturated heterocycles. The van der Waals surface area contributed by atoms with E-state index >= 15 is 0 Å². The molecule has 0 aliphatic carbocycles. The van der Waals surface area contributed by atoms with Gasteiger partial charge in [0.05, 0.1) is 18.5 Å². The minimum absolute atomic E-state index is 0.0349. The zero-order chi connectivity index (χ0) is 42.3. The first-order valence-corrected chi connectivity index (χ1v) is 21.7. The Morgan fingerprint density at radius 2 is 1.55 bits per heavy atom. The maximum absolute atomic E-state index is 14.3. The second-order valence-electron chi connectivity index (χ2n) is 16.6. The van der Waals surface area contributed by atoms with Gasteiger partial charge in [0.25, 0.3) is 5.91 Å². The number of hydrogen-bond acceptors (Lipinski definition) is 10. The Morgan fingerprint density at radius 1 is 0.850 bits per heavy atom. The SMILES string of the molecule is CCCCOC(=O)CCC(=O)N1CCN(C2CCN(C(=O)[C@@H](Cc3cc(C)c4c(c3)oc(=O)n4C)OC(=O)N3CCC(N4CCc5ccccc5NC4=O)CC3)CC2)CC1. The smallest absolute Gasteiger partial charge is 0.419 e. The number of nitrogens with one attached hydrogen (secondary N) is 1. The maximum Gasteiger partial charge on any atom is 0.419 e. The molecule has 1 aromatic heterocycles. The molecule has 0 saturated carbocycles. The maximum atomic E-state index is 14.3. The van der Waals surface area contributed by atoms with Crippen molar-refractivity contribution in [3.8, 4) is 0 Å². The van der Waals surface area contributed by atoms with Crippen molar-refractivity contribution < 1.29 is 37.9 Å². The third-order valence-corrected chi connectivity index (χ3v) is 12.6. The van der Waals surface area contributed by atoms with Gasteiger partial charge >= 0.3 is 23.8 Å². The number of fused-ring (bicyclic) bond motifs is 2. The van der Waals surface area contributed by atoms with Crippen LogP contribution in [0.4, 0.5) is 15.3 Å². The number of amides is 5. The number of oxazole rings is 1. The van der Waals surface area contributed by atoms with Crippen LogP contribution in [0.1, 0.15) is 75.0 Å². The lowest BCUT2D eigenvalue weighted by molar-refractivity contribution is -0.146. The summed E-state index contributed by atoms with van der Waals surface area (Å²) in [7, 11) is 1.65. The number of aromatic nitrogens is 1. The van der Waals surface area contributed by atoms with Gasteiger partial charge in [-0.2, -0.15) is 0 Å². The molecule has 3 aromatic rings. The number of likely N-dealkylation sites (tertiary alicyclic amines) is 2. The Bertz CT molecular complexity index is 2090. The molecule has 2 aromatic carbocycles. The normalized spacial score (nSPS) is 18.8. The first kappa shape index (κ1) is 42.7. The molecule has 16 nitrogen and oxygen atoms in total. The highest BCUT2D eigenvalue weighted by Gasteiger charge is 2.37. The van der Waals surface area contributed by atoms with Crippen LogP contribution in [0.25, 0.3) is 11.1 Å². The summed E-state index contributed by atoms with van der Waals surface area (Å²) in [5.41, 5.74) is 4.52. The van der Waals surface area contributed by atoms with E-state index in [9.17, 15) is 28.8 Å². The fourth-order valence-corrected chi connectivity index (χ4v) is 9.15. The molecule has 0 radical (unpaired) electrons. The third kappa shape index (κ3) is 9.96. The zero-order valence-corrected chi connectivity index (χ0v) is 35.2. The molecule has 1 N–H and O–H groups in total. The number of esters is 1. The Balaban J connectivity index is 0.947. The summed E-state index contributed by atoms with van der Waals surface area (Å²) in [5, 5.41) is 3.04. The summed E-state index contributed by atoms with van der Waals surface area (Å²) < 4.78 is 18.3. The number of anilines is 1. The van der Waals surface area contributed by atoms with Crippen LogP contribution in [0.15, 0.2) is 45.6 Å². The lowest BCUT2D eigenvalue weighted by Gasteiger charge is -2.43. The number of piperidine rings is 2. The van der Waals surface area contributed by atoms with E-state index in [0.29, 0.717) is 81.9 Å². The van der Waals surface area contributed by atoms with Crippen LogP contribution in [0, 0.1) is 6.92 Å². The highest BCUT2D eigenvalue weighted by molar-refractivity contribution is 5.91. The van der Waals surface area contributed by atoms with Crippen molar-refractivity contribution in [1.82, 2.24) is 29.1 Å². The molecule has 0 spiro atoms. The first-order valence-electron chi connectivity index (χ1n) is 21.7. The summed E-state index contributed by atoms with van der Waals surface area (Å²) in [6.45, 7) is 9.26. The number of carbonyl (C=O) groups excluding carboxylic acids is 5. The van der Waals surface area contributed by atoms with Crippen molar-refractivity contribution in [3.63, 3.8) is 0 Å². The number of rotatable bonds is 12. The van der Waals surface area contributed by atoms with Gasteiger partial charge in [-0.25, -0.2) is 14.4 Å². The predicted molar refractivity (Wildman–Crippen MR) is 223 cm³/mol. The van der Waals surface area contributed by atoms with Crippen molar-refractivity contribution in [1.29, 1.82) is 0 Å². The molecule has 5 heterocycles. The van der Waals surface area contributed by atoms with Crippen LogP contribution < -0.4 is 11.1 Å². The molecular weight excluding hydrogens is 771 g/mol. The van der Waals surface area contributed by atoms with Gasteiger partial charge in [0, 0.05) is 96.6 Å².